The van der Waals surface area contributed by atoms with E-state index >= 15 is 0 Å². The molecule has 0 aromatic carbocycles. The average molecular weight is 169 g/mol. The van der Waals surface area contributed by atoms with Gasteiger partial charge in [0.15, 0.2) is 0 Å². The number of nitrogens with zero attached hydrogens (tertiary/aromatic N) is 2. The standard InChI is InChI=1S/C10H21N2/c1-5-10-7-12(6-2)8-11(4)9(10)3/h8-10H,5-7H2,1-4H3/q+1. The Bertz CT molecular complexity index is 175. The first kappa shape index (κ1) is 9.56. The maximum atomic E-state index is 2.40. The van der Waals surface area contributed by atoms with Gasteiger partial charge >= 0.3 is 0 Å². The molecule has 1 heterocycles. The van der Waals surface area contributed by atoms with E-state index in [1.165, 1.54) is 13.0 Å². The van der Waals surface area contributed by atoms with Crippen molar-refractivity contribution < 1.29 is 4.58 Å². The van der Waals surface area contributed by atoms with E-state index < -0.39 is 0 Å². The molecule has 0 N–H and O–H groups in total. The molecule has 0 saturated heterocycles. The van der Waals surface area contributed by atoms with Crippen LogP contribution in [0.4, 0.5) is 0 Å². The summed E-state index contributed by atoms with van der Waals surface area (Å²) in [4.78, 5) is 2.40. The monoisotopic (exact) mass is 169 g/mol. The lowest BCUT2D eigenvalue weighted by molar-refractivity contribution is -0.549. The molecule has 0 bridgehead atoms. The summed E-state index contributed by atoms with van der Waals surface area (Å²) in [6, 6.07) is 0.706. The fourth-order valence-electron chi connectivity index (χ4n) is 1.88. The Kier molecular flexibility index (Phi) is 3.12. The van der Waals surface area contributed by atoms with Crippen LogP contribution in [0.25, 0.3) is 0 Å². The molecule has 1 aliphatic rings. The summed E-state index contributed by atoms with van der Waals surface area (Å²) >= 11 is 0. The van der Waals surface area contributed by atoms with Crippen molar-refractivity contribution in [3.63, 3.8) is 0 Å². The highest BCUT2D eigenvalue weighted by atomic mass is 15.2. The first-order chi connectivity index (χ1) is 5.69. The van der Waals surface area contributed by atoms with Crippen molar-refractivity contribution in [3.8, 4) is 0 Å². The van der Waals surface area contributed by atoms with E-state index in [2.05, 4.69) is 43.6 Å². The minimum Gasteiger partial charge on any atom is -0.268 e. The maximum absolute atomic E-state index is 2.40. The van der Waals surface area contributed by atoms with E-state index in [4.69, 9.17) is 0 Å². The minimum absolute atomic E-state index is 0.706. The van der Waals surface area contributed by atoms with Crippen molar-refractivity contribution >= 4 is 6.34 Å². The Balaban J connectivity index is 2.69. The summed E-state index contributed by atoms with van der Waals surface area (Å²) in [5, 5.41) is 0. The zero-order chi connectivity index (χ0) is 9.14. The summed E-state index contributed by atoms with van der Waals surface area (Å²) < 4.78 is 2.33. The molecule has 2 nitrogen and oxygen atoms in total. The lowest BCUT2D eigenvalue weighted by Gasteiger charge is -2.29. The van der Waals surface area contributed by atoms with Gasteiger partial charge in [0.2, 0.25) is 6.34 Å². The highest BCUT2D eigenvalue weighted by Crippen LogP contribution is 2.15. The summed E-state index contributed by atoms with van der Waals surface area (Å²) in [7, 11) is 2.18. The van der Waals surface area contributed by atoms with Crippen LogP contribution in [0.15, 0.2) is 0 Å². The quantitative estimate of drug-likeness (QED) is 0.566. The topological polar surface area (TPSA) is 6.25 Å². The highest BCUT2D eigenvalue weighted by molar-refractivity contribution is 5.49. The fourth-order valence-corrected chi connectivity index (χ4v) is 1.88. The minimum atomic E-state index is 0.706. The summed E-state index contributed by atoms with van der Waals surface area (Å²) in [6.45, 7) is 9.19. The fraction of sp³-hybridized carbons (Fsp3) is 0.900. The summed E-state index contributed by atoms with van der Waals surface area (Å²) in [5.74, 6) is 0.833. The normalized spacial score (nSPS) is 30.3. The summed E-state index contributed by atoms with van der Waals surface area (Å²) in [6.07, 6.45) is 3.53. The second-order valence-corrected chi connectivity index (χ2v) is 3.78. The van der Waals surface area contributed by atoms with Crippen LogP contribution in [0.5, 0.6) is 0 Å². The smallest absolute Gasteiger partial charge is 0.234 e. The predicted octanol–water partition coefficient (Wildman–Crippen LogP) is 1.41. The molecule has 70 valence electrons. The third-order valence-electron chi connectivity index (χ3n) is 3.07. The second-order valence-electron chi connectivity index (χ2n) is 3.78. The van der Waals surface area contributed by atoms with Crippen molar-refractivity contribution in [3.05, 3.63) is 0 Å². The van der Waals surface area contributed by atoms with Crippen LogP contribution in [0, 0.1) is 5.92 Å². The number of rotatable bonds is 2. The van der Waals surface area contributed by atoms with E-state index in [0.717, 1.165) is 12.5 Å². The van der Waals surface area contributed by atoms with E-state index in [0.29, 0.717) is 6.04 Å². The molecule has 2 atom stereocenters. The van der Waals surface area contributed by atoms with Gasteiger partial charge in [0.25, 0.3) is 0 Å². The highest BCUT2D eigenvalue weighted by Gasteiger charge is 2.28. The van der Waals surface area contributed by atoms with Crippen molar-refractivity contribution in [1.82, 2.24) is 4.90 Å². The SMILES string of the molecule is CCC1CN(CC)C=[N+](C)C1C. The second kappa shape index (κ2) is 3.92. The molecule has 0 amide bonds. The van der Waals surface area contributed by atoms with Crippen LogP contribution in [-0.2, 0) is 0 Å². The molecule has 2 unspecified atom stereocenters. The van der Waals surface area contributed by atoms with Gasteiger partial charge in [-0.1, -0.05) is 6.92 Å². The van der Waals surface area contributed by atoms with Crippen molar-refractivity contribution in [2.24, 2.45) is 5.92 Å². The first-order valence-corrected chi connectivity index (χ1v) is 5.00. The van der Waals surface area contributed by atoms with Crippen molar-refractivity contribution in [2.75, 3.05) is 20.1 Å². The van der Waals surface area contributed by atoms with Gasteiger partial charge in [-0.15, -0.1) is 0 Å². The molecule has 2 heteroatoms. The third-order valence-corrected chi connectivity index (χ3v) is 3.07. The van der Waals surface area contributed by atoms with Crippen LogP contribution < -0.4 is 0 Å². The van der Waals surface area contributed by atoms with Gasteiger partial charge in [-0.05, 0) is 20.3 Å². The van der Waals surface area contributed by atoms with Gasteiger partial charge in [0.1, 0.15) is 0 Å². The zero-order valence-corrected chi connectivity index (χ0v) is 8.75. The number of hydrogen-bond donors (Lipinski definition) is 0. The average Bonchev–Trinajstić information content (AvgIpc) is 2.09. The Morgan fingerprint density at radius 1 is 1.50 bits per heavy atom. The molecule has 0 aliphatic carbocycles. The van der Waals surface area contributed by atoms with Gasteiger partial charge in [0, 0.05) is 5.92 Å². The van der Waals surface area contributed by atoms with E-state index in [-0.39, 0.29) is 0 Å². The third kappa shape index (κ3) is 1.79. The Hall–Kier alpha value is -0.530. The Labute approximate surface area is 75.9 Å². The Morgan fingerprint density at radius 2 is 2.17 bits per heavy atom. The van der Waals surface area contributed by atoms with Crippen LogP contribution in [0.2, 0.25) is 0 Å². The van der Waals surface area contributed by atoms with Gasteiger partial charge < -0.3 is 0 Å². The van der Waals surface area contributed by atoms with Gasteiger partial charge in [0.05, 0.1) is 26.2 Å². The van der Waals surface area contributed by atoms with Gasteiger partial charge in [-0.25, -0.2) is 0 Å². The molecular weight excluding hydrogens is 148 g/mol. The van der Waals surface area contributed by atoms with Crippen molar-refractivity contribution in [1.29, 1.82) is 0 Å². The van der Waals surface area contributed by atoms with Gasteiger partial charge in [-0.2, -0.15) is 0 Å². The molecule has 0 aromatic rings. The first-order valence-electron chi connectivity index (χ1n) is 5.00. The van der Waals surface area contributed by atoms with Crippen molar-refractivity contribution in [2.45, 2.75) is 33.2 Å². The van der Waals surface area contributed by atoms with E-state index in [1.807, 2.05) is 0 Å². The largest absolute Gasteiger partial charge is 0.268 e. The molecule has 1 aliphatic heterocycles. The zero-order valence-electron chi connectivity index (χ0n) is 8.75. The number of hydrogen-bond acceptors (Lipinski definition) is 1. The molecule has 0 aromatic heterocycles. The predicted molar refractivity (Wildman–Crippen MR) is 52.7 cm³/mol. The van der Waals surface area contributed by atoms with E-state index in [9.17, 15) is 0 Å². The van der Waals surface area contributed by atoms with Gasteiger partial charge in [-0.3, -0.25) is 9.48 Å². The molecule has 0 fully saturated rings. The molecule has 0 radical (unpaired) electrons. The van der Waals surface area contributed by atoms with Crippen LogP contribution in [0.3, 0.4) is 0 Å². The molecule has 0 saturated carbocycles. The maximum Gasteiger partial charge on any atom is 0.234 e. The summed E-state index contributed by atoms with van der Waals surface area (Å²) in [5.41, 5.74) is 0. The van der Waals surface area contributed by atoms with Crippen LogP contribution in [0.1, 0.15) is 27.2 Å². The molecule has 1 rings (SSSR count). The van der Waals surface area contributed by atoms with E-state index in [1.54, 1.807) is 0 Å². The molecule has 12 heavy (non-hydrogen) atoms. The molecular formula is C10H21N2+. The van der Waals surface area contributed by atoms with Crippen LogP contribution >= 0.6 is 0 Å². The lowest BCUT2D eigenvalue weighted by Crippen LogP contribution is -2.45. The lowest BCUT2D eigenvalue weighted by atomic mass is 9.96. The van der Waals surface area contributed by atoms with Crippen LogP contribution in [-0.4, -0.2) is 42.0 Å². The Morgan fingerprint density at radius 3 is 2.67 bits per heavy atom. The molecule has 0 spiro atoms.